The Morgan fingerprint density at radius 2 is 2.39 bits per heavy atom. The molecule has 2 aromatic heterocycles. The van der Waals surface area contributed by atoms with Gasteiger partial charge in [0.2, 0.25) is 5.91 Å². The molecule has 0 saturated heterocycles. The van der Waals surface area contributed by atoms with Crippen LogP contribution in [0.1, 0.15) is 5.69 Å². The van der Waals surface area contributed by atoms with E-state index in [0.29, 0.717) is 16.1 Å². The first kappa shape index (κ1) is 12.8. The molecule has 2 heterocycles. The molecule has 0 aliphatic heterocycles. The van der Waals surface area contributed by atoms with Crippen LogP contribution in [-0.2, 0) is 4.79 Å². The molecule has 6 nitrogen and oxygen atoms in total. The second-order valence-corrected chi connectivity index (χ2v) is 5.23. The maximum Gasteiger partial charge on any atom is 0.236 e. The van der Waals surface area contributed by atoms with Crippen LogP contribution in [0.25, 0.3) is 0 Å². The van der Waals surface area contributed by atoms with Gasteiger partial charge in [-0.3, -0.25) is 4.79 Å². The highest BCUT2D eigenvalue weighted by atomic mass is 32.2. The Kier molecular flexibility index (Phi) is 4.11. The monoisotopic (exact) mass is 281 g/mol. The maximum absolute atomic E-state index is 11.6. The molecule has 2 aromatic rings. The van der Waals surface area contributed by atoms with Crippen LogP contribution < -0.4 is 11.1 Å². The molecule has 0 aliphatic carbocycles. The fourth-order valence-electron chi connectivity index (χ4n) is 1.20. The zero-order chi connectivity index (χ0) is 13.0. The Labute approximate surface area is 112 Å². The van der Waals surface area contributed by atoms with Crippen molar-refractivity contribution in [3.63, 3.8) is 0 Å². The van der Waals surface area contributed by atoms with Crippen LogP contribution >= 0.6 is 23.1 Å². The van der Waals surface area contributed by atoms with Crippen LogP contribution in [0.4, 0.5) is 10.9 Å². The number of aryl methyl sites for hydroxylation is 1. The summed E-state index contributed by atoms with van der Waals surface area (Å²) < 4.78 is 0. The van der Waals surface area contributed by atoms with Crippen LogP contribution in [0.15, 0.2) is 22.8 Å². The van der Waals surface area contributed by atoms with Gasteiger partial charge in [-0.1, -0.05) is 11.8 Å². The van der Waals surface area contributed by atoms with Crippen molar-refractivity contribution < 1.29 is 4.79 Å². The zero-order valence-electron chi connectivity index (χ0n) is 9.58. The van der Waals surface area contributed by atoms with Crippen LogP contribution in [0, 0.1) is 6.92 Å². The largest absolute Gasteiger partial charge is 0.384 e. The summed E-state index contributed by atoms with van der Waals surface area (Å²) in [5.74, 6) is 0.492. The maximum atomic E-state index is 11.6. The summed E-state index contributed by atoms with van der Waals surface area (Å²) in [7, 11) is 0. The molecular weight excluding hydrogens is 270 g/mol. The average Bonchev–Trinajstić information content (AvgIpc) is 2.78. The van der Waals surface area contributed by atoms with Crippen LogP contribution in [-0.4, -0.2) is 26.6 Å². The molecule has 0 aliphatic rings. The number of hydrogen-bond donors (Lipinski definition) is 2. The first-order chi connectivity index (χ1) is 8.63. The van der Waals surface area contributed by atoms with Gasteiger partial charge in [0, 0.05) is 23.3 Å². The highest BCUT2D eigenvalue weighted by molar-refractivity contribution is 7.99. The summed E-state index contributed by atoms with van der Waals surface area (Å²) in [5, 5.41) is 5.57. The van der Waals surface area contributed by atoms with E-state index in [1.807, 2.05) is 6.92 Å². The highest BCUT2D eigenvalue weighted by Gasteiger charge is 2.07. The Hall–Kier alpha value is -1.67. The number of nitrogens with two attached hydrogens (primary N) is 1. The summed E-state index contributed by atoms with van der Waals surface area (Å²) >= 11 is 2.62. The molecule has 94 valence electrons. The van der Waals surface area contributed by atoms with Gasteiger partial charge in [0.05, 0.1) is 5.75 Å². The van der Waals surface area contributed by atoms with Crippen molar-refractivity contribution in [3.05, 3.63) is 23.3 Å². The first-order valence-corrected chi connectivity index (χ1v) is 6.93. The lowest BCUT2D eigenvalue weighted by Crippen LogP contribution is -2.14. The number of amides is 1. The van der Waals surface area contributed by atoms with E-state index < -0.39 is 0 Å². The van der Waals surface area contributed by atoms with Gasteiger partial charge in [0.15, 0.2) is 10.3 Å². The number of carbonyl (C=O) groups is 1. The normalized spacial score (nSPS) is 10.3. The zero-order valence-corrected chi connectivity index (χ0v) is 11.2. The van der Waals surface area contributed by atoms with Gasteiger partial charge >= 0.3 is 0 Å². The number of nitrogens with zero attached hydrogens (tertiary/aromatic N) is 3. The smallest absolute Gasteiger partial charge is 0.236 e. The van der Waals surface area contributed by atoms with E-state index in [9.17, 15) is 4.79 Å². The van der Waals surface area contributed by atoms with Gasteiger partial charge in [0.1, 0.15) is 5.82 Å². The van der Waals surface area contributed by atoms with Gasteiger partial charge < -0.3 is 11.1 Å². The summed E-state index contributed by atoms with van der Waals surface area (Å²) in [5.41, 5.74) is 6.38. The lowest BCUT2D eigenvalue weighted by molar-refractivity contribution is -0.113. The molecule has 0 spiro atoms. The number of hydrogen-bond acceptors (Lipinski definition) is 7. The molecule has 1 amide bonds. The van der Waals surface area contributed by atoms with Gasteiger partial charge in [-0.05, 0) is 6.92 Å². The minimum Gasteiger partial charge on any atom is -0.384 e. The second kappa shape index (κ2) is 5.78. The van der Waals surface area contributed by atoms with Crippen molar-refractivity contribution >= 4 is 40.0 Å². The molecule has 3 N–H and O–H groups in total. The Bertz CT molecular complexity index is 523. The lowest BCUT2D eigenvalue weighted by atomic mass is 10.4. The summed E-state index contributed by atoms with van der Waals surface area (Å²) in [6.45, 7) is 1.83. The topological polar surface area (TPSA) is 93.8 Å². The summed E-state index contributed by atoms with van der Waals surface area (Å²) in [6, 6.07) is 1.68. The minimum atomic E-state index is -0.140. The number of aromatic nitrogens is 3. The third kappa shape index (κ3) is 3.67. The quantitative estimate of drug-likeness (QED) is 0.652. The Balaban J connectivity index is 1.89. The second-order valence-electron chi connectivity index (χ2n) is 3.39. The SMILES string of the molecule is Cc1cc(N)nc(SCC(=O)Nc2nccs2)n1. The van der Waals surface area contributed by atoms with E-state index in [-0.39, 0.29) is 11.7 Å². The Morgan fingerprint density at radius 1 is 1.56 bits per heavy atom. The van der Waals surface area contributed by atoms with Crippen molar-refractivity contribution in [2.45, 2.75) is 12.1 Å². The van der Waals surface area contributed by atoms with E-state index in [0.717, 1.165) is 5.69 Å². The molecule has 8 heteroatoms. The van der Waals surface area contributed by atoms with Gasteiger partial charge in [-0.25, -0.2) is 15.0 Å². The third-order valence-corrected chi connectivity index (χ3v) is 3.40. The molecule has 2 rings (SSSR count). The molecule has 0 fully saturated rings. The van der Waals surface area contributed by atoms with E-state index in [2.05, 4.69) is 20.3 Å². The van der Waals surface area contributed by atoms with Crippen molar-refractivity contribution in [1.29, 1.82) is 0 Å². The lowest BCUT2D eigenvalue weighted by Gasteiger charge is -2.02. The number of anilines is 2. The fourth-order valence-corrected chi connectivity index (χ4v) is 2.46. The number of thioether (sulfide) groups is 1. The summed E-state index contributed by atoms with van der Waals surface area (Å²) in [6.07, 6.45) is 1.64. The predicted octanol–water partition coefficient (Wildman–Crippen LogP) is 1.55. The molecule has 0 bridgehead atoms. The van der Waals surface area contributed by atoms with E-state index in [1.54, 1.807) is 17.6 Å². The average molecular weight is 281 g/mol. The molecule has 0 unspecified atom stereocenters. The van der Waals surface area contributed by atoms with E-state index >= 15 is 0 Å². The molecule has 0 saturated carbocycles. The number of rotatable bonds is 4. The van der Waals surface area contributed by atoms with Crippen molar-refractivity contribution in [1.82, 2.24) is 15.0 Å². The van der Waals surface area contributed by atoms with Crippen molar-refractivity contribution in [2.24, 2.45) is 0 Å². The predicted molar refractivity (Wildman–Crippen MR) is 72.6 cm³/mol. The molecule has 0 aromatic carbocycles. The summed E-state index contributed by atoms with van der Waals surface area (Å²) in [4.78, 5) is 23.8. The standard InChI is InChI=1S/C10H11N5OS2/c1-6-4-7(11)14-10(13-6)18-5-8(16)15-9-12-2-3-17-9/h2-4H,5H2,1H3,(H2,11,13,14)(H,12,15,16). The van der Waals surface area contributed by atoms with Crippen molar-refractivity contribution in [2.75, 3.05) is 16.8 Å². The molecule has 18 heavy (non-hydrogen) atoms. The van der Waals surface area contributed by atoms with E-state index in [1.165, 1.54) is 23.1 Å². The van der Waals surface area contributed by atoms with Crippen LogP contribution in [0.2, 0.25) is 0 Å². The van der Waals surface area contributed by atoms with Crippen LogP contribution in [0.5, 0.6) is 0 Å². The number of carbonyl (C=O) groups excluding carboxylic acids is 1. The van der Waals surface area contributed by atoms with Crippen molar-refractivity contribution in [3.8, 4) is 0 Å². The van der Waals surface area contributed by atoms with E-state index in [4.69, 9.17) is 5.73 Å². The van der Waals surface area contributed by atoms with Gasteiger partial charge in [-0.2, -0.15) is 0 Å². The Morgan fingerprint density at radius 3 is 3.06 bits per heavy atom. The minimum absolute atomic E-state index is 0.140. The van der Waals surface area contributed by atoms with Crippen LogP contribution in [0.3, 0.4) is 0 Å². The first-order valence-electron chi connectivity index (χ1n) is 5.07. The number of thiazole rings is 1. The highest BCUT2D eigenvalue weighted by Crippen LogP contribution is 2.16. The number of nitrogens with one attached hydrogen (secondary N) is 1. The molecule has 0 radical (unpaired) electrons. The van der Waals surface area contributed by atoms with Gasteiger partial charge in [0.25, 0.3) is 0 Å². The third-order valence-electron chi connectivity index (χ3n) is 1.86. The molecule has 0 atom stereocenters. The number of nitrogen functional groups attached to an aromatic ring is 1. The fraction of sp³-hybridized carbons (Fsp3) is 0.200. The molecular formula is C10H11N5OS2. The van der Waals surface area contributed by atoms with Gasteiger partial charge in [-0.15, -0.1) is 11.3 Å².